The number of rotatable bonds is 9. The Balaban J connectivity index is 1.92. The Labute approximate surface area is 227 Å². The van der Waals surface area contributed by atoms with E-state index in [0.29, 0.717) is 28.2 Å². The van der Waals surface area contributed by atoms with E-state index in [0.717, 1.165) is 5.39 Å². The molecule has 12 heteroatoms. The number of nitrogens with two attached hydrogens (primary N) is 2. The molecule has 3 amide bonds. The number of ether oxygens (including phenoxy) is 1. The van der Waals surface area contributed by atoms with Gasteiger partial charge in [0.05, 0.1) is 18.0 Å². The fraction of sp³-hybridized carbons (Fsp3) is 0.148. The van der Waals surface area contributed by atoms with Crippen LogP contribution < -0.4 is 21.7 Å². The molecule has 1 atom stereocenters. The molecule has 39 heavy (non-hydrogen) atoms. The molecule has 4 aromatic rings. The predicted octanol–water partition coefficient (Wildman–Crippen LogP) is 2.75. The van der Waals surface area contributed by atoms with Gasteiger partial charge in [0, 0.05) is 5.39 Å². The third kappa shape index (κ3) is 5.65. The third-order valence-corrected chi connectivity index (χ3v) is 6.68. The van der Waals surface area contributed by atoms with Crippen LogP contribution >= 0.6 is 11.5 Å². The lowest BCUT2D eigenvalue weighted by atomic mass is 10.00. The number of phenolic OH excluding ortho intramolecular Hbond substituents is 1. The van der Waals surface area contributed by atoms with Gasteiger partial charge in [-0.25, -0.2) is 0 Å². The average Bonchev–Trinajstić information content (AvgIpc) is 3.32. The highest BCUT2D eigenvalue weighted by molar-refractivity contribution is 7.09. The van der Waals surface area contributed by atoms with Crippen molar-refractivity contribution in [2.24, 2.45) is 5.73 Å². The number of aromatic hydroxyl groups is 1. The zero-order valence-corrected chi connectivity index (χ0v) is 21.6. The van der Waals surface area contributed by atoms with Crippen molar-refractivity contribution < 1.29 is 29.0 Å². The molecule has 0 fully saturated rings. The van der Waals surface area contributed by atoms with E-state index in [1.165, 1.54) is 29.2 Å². The number of benzene rings is 3. The maximum atomic E-state index is 14.2. The number of amides is 3. The first-order valence-electron chi connectivity index (χ1n) is 11.8. The number of hydrogen-bond donors (Lipinski definition) is 4. The van der Waals surface area contributed by atoms with Crippen LogP contribution in [0.4, 0.5) is 11.4 Å². The van der Waals surface area contributed by atoms with Crippen LogP contribution in [0.25, 0.3) is 10.8 Å². The summed E-state index contributed by atoms with van der Waals surface area (Å²) < 4.78 is 8.86. The van der Waals surface area contributed by atoms with Gasteiger partial charge in [-0.2, -0.15) is 4.37 Å². The van der Waals surface area contributed by atoms with Crippen molar-refractivity contribution in [1.82, 2.24) is 9.69 Å². The Bertz CT molecular complexity index is 1550. The molecule has 6 N–H and O–H groups in total. The molecule has 0 aliphatic heterocycles. The third-order valence-electron chi connectivity index (χ3n) is 5.83. The second-order valence-electron chi connectivity index (χ2n) is 8.33. The van der Waals surface area contributed by atoms with E-state index < -0.39 is 36.3 Å². The maximum absolute atomic E-state index is 14.2. The van der Waals surface area contributed by atoms with Gasteiger partial charge in [-0.1, -0.05) is 48.5 Å². The number of fused-ring (bicyclic) bond motifs is 1. The van der Waals surface area contributed by atoms with Gasteiger partial charge >= 0.3 is 5.97 Å². The summed E-state index contributed by atoms with van der Waals surface area (Å²) in [5.74, 6) is -3.03. The van der Waals surface area contributed by atoms with Crippen LogP contribution in [0.3, 0.4) is 0 Å². The largest absolute Gasteiger partial charge is 0.508 e. The van der Waals surface area contributed by atoms with Crippen molar-refractivity contribution in [3.05, 3.63) is 82.9 Å². The zero-order chi connectivity index (χ0) is 28.1. The molecule has 0 saturated carbocycles. The summed E-state index contributed by atoms with van der Waals surface area (Å²) in [5.41, 5.74) is 11.7. The molecule has 0 bridgehead atoms. The number of carbonyl (C=O) groups excluding carboxylic acids is 4. The molecule has 0 spiro atoms. The second kappa shape index (κ2) is 11.6. The molecular formula is C27H25N5O6S. The maximum Gasteiger partial charge on any atom is 0.325 e. The number of aromatic nitrogens is 1. The minimum Gasteiger partial charge on any atom is -0.508 e. The lowest BCUT2D eigenvalue weighted by Gasteiger charge is -2.32. The lowest BCUT2D eigenvalue weighted by Crippen LogP contribution is -2.45. The van der Waals surface area contributed by atoms with E-state index >= 15 is 0 Å². The lowest BCUT2D eigenvalue weighted by molar-refractivity contribution is -0.143. The van der Waals surface area contributed by atoms with E-state index in [-0.39, 0.29) is 28.6 Å². The summed E-state index contributed by atoms with van der Waals surface area (Å²) in [6.07, 6.45) is 0. The highest BCUT2D eigenvalue weighted by atomic mass is 32.1. The minimum absolute atomic E-state index is 0.0507. The van der Waals surface area contributed by atoms with Crippen molar-refractivity contribution in [2.45, 2.75) is 13.0 Å². The van der Waals surface area contributed by atoms with Crippen LogP contribution in [-0.2, 0) is 14.3 Å². The molecule has 200 valence electrons. The molecule has 0 saturated heterocycles. The van der Waals surface area contributed by atoms with Gasteiger partial charge in [-0.3, -0.25) is 24.1 Å². The molecule has 4 rings (SSSR count). The van der Waals surface area contributed by atoms with Crippen molar-refractivity contribution in [3.8, 4) is 5.75 Å². The summed E-state index contributed by atoms with van der Waals surface area (Å²) in [6, 6.07) is 16.9. The van der Waals surface area contributed by atoms with Crippen LogP contribution in [0, 0.1) is 0 Å². The topological polar surface area (TPSA) is 178 Å². The molecule has 0 aliphatic carbocycles. The molecule has 3 aromatic carbocycles. The summed E-state index contributed by atoms with van der Waals surface area (Å²) in [7, 11) is 0. The molecular weight excluding hydrogens is 522 g/mol. The van der Waals surface area contributed by atoms with Crippen molar-refractivity contribution in [2.75, 3.05) is 23.8 Å². The van der Waals surface area contributed by atoms with Crippen LogP contribution in [-0.4, -0.2) is 46.3 Å². The van der Waals surface area contributed by atoms with Crippen molar-refractivity contribution in [3.63, 3.8) is 0 Å². The number of nitrogens with one attached hydrogen (secondary N) is 1. The summed E-state index contributed by atoms with van der Waals surface area (Å²) in [5, 5.41) is 13.9. The van der Waals surface area contributed by atoms with Gasteiger partial charge in [-0.05, 0) is 47.6 Å². The van der Waals surface area contributed by atoms with Crippen LogP contribution in [0.1, 0.15) is 38.7 Å². The van der Waals surface area contributed by atoms with E-state index in [9.17, 15) is 24.3 Å². The first kappa shape index (κ1) is 27.1. The molecule has 1 heterocycles. The van der Waals surface area contributed by atoms with Gasteiger partial charge in [0.1, 0.15) is 23.2 Å². The molecule has 0 unspecified atom stereocenters. The Morgan fingerprint density at radius 3 is 2.41 bits per heavy atom. The summed E-state index contributed by atoms with van der Waals surface area (Å²) in [6.45, 7) is 1.33. The van der Waals surface area contributed by atoms with E-state index in [4.69, 9.17) is 16.2 Å². The number of esters is 1. The molecule has 1 aromatic heterocycles. The normalized spacial score (nSPS) is 11.5. The van der Waals surface area contributed by atoms with Crippen LogP contribution in [0.5, 0.6) is 5.75 Å². The monoisotopic (exact) mass is 547 g/mol. The van der Waals surface area contributed by atoms with Gasteiger partial charge in [0.2, 0.25) is 5.91 Å². The summed E-state index contributed by atoms with van der Waals surface area (Å²) >= 11 is 0.680. The quantitative estimate of drug-likeness (QED) is 0.231. The highest BCUT2D eigenvalue weighted by Crippen LogP contribution is 2.37. The molecule has 0 radical (unpaired) electrons. The number of carbonyl (C=O) groups is 4. The van der Waals surface area contributed by atoms with Crippen molar-refractivity contribution >= 4 is 57.4 Å². The van der Waals surface area contributed by atoms with Gasteiger partial charge in [-0.15, -0.1) is 0 Å². The van der Waals surface area contributed by atoms with Crippen LogP contribution in [0.15, 0.2) is 66.7 Å². The second-order valence-corrected chi connectivity index (χ2v) is 9.10. The van der Waals surface area contributed by atoms with E-state index in [2.05, 4.69) is 9.69 Å². The number of hydrogen-bond acceptors (Lipinski definition) is 9. The predicted molar refractivity (Wildman–Crippen MR) is 146 cm³/mol. The summed E-state index contributed by atoms with van der Waals surface area (Å²) in [4.78, 5) is 52.9. The van der Waals surface area contributed by atoms with Gasteiger partial charge in [0.15, 0.2) is 5.69 Å². The number of phenols is 1. The highest BCUT2D eigenvalue weighted by Gasteiger charge is 2.37. The number of nitrogens with zero attached hydrogens (tertiary/aromatic N) is 2. The number of anilines is 2. The van der Waals surface area contributed by atoms with E-state index in [1.807, 2.05) is 18.2 Å². The van der Waals surface area contributed by atoms with Gasteiger partial charge < -0.3 is 26.6 Å². The number of primary amides is 1. The first-order chi connectivity index (χ1) is 18.7. The van der Waals surface area contributed by atoms with E-state index in [1.54, 1.807) is 31.2 Å². The average molecular weight is 548 g/mol. The standard InChI is InChI=1S/C27H25N5O6S/c1-2-38-20(34)14-30-26(36)23(16-10-12-17(33)13-11-16)32(19-9-5-7-15-6-3-4-8-18(15)19)27(37)24-21(28)22(25(29)35)31-39-24/h3-13,23,33H,2,14,28H2,1H3,(H2,29,35)(H,30,36)/t23-/m0/s1. The zero-order valence-electron chi connectivity index (χ0n) is 20.8. The Morgan fingerprint density at radius 2 is 1.74 bits per heavy atom. The first-order valence-corrected chi connectivity index (χ1v) is 12.6. The Kier molecular flexibility index (Phi) is 8.06. The van der Waals surface area contributed by atoms with Crippen LogP contribution in [0.2, 0.25) is 0 Å². The minimum atomic E-state index is -1.34. The Hall–Kier alpha value is -4.97. The fourth-order valence-electron chi connectivity index (χ4n) is 4.06. The number of nitrogen functional groups attached to an aromatic ring is 1. The molecule has 11 nitrogen and oxygen atoms in total. The Morgan fingerprint density at radius 1 is 1.05 bits per heavy atom. The fourth-order valence-corrected chi connectivity index (χ4v) is 4.81. The van der Waals surface area contributed by atoms with Crippen molar-refractivity contribution in [1.29, 1.82) is 0 Å². The SMILES string of the molecule is CCOC(=O)CNC(=O)[C@H](c1ccc(O)cc1)N(C(=O)c1snc(C(N)=O)c1N)c1cccc2ccccc12. The van der Waals surface area contributed by atoms with Gasteiger partial charge in [0.25, 0.3) is 11.8 Å². The smallest absolute Gasteiger partial charge is 0.325 e. The molecule has 0 aliphatic rings.